The van der Waals surface area contributed by atoms with Crippen molar-refractivity contribution in [2.75, 3.05) is 5.75 Å². The van der Waals surface area contributed by atoms with E-state index in [4.69, 9.17) is 11.6 Å². The van der Waals surface area contributed by atoms with Crippen LogP contribution in [-0.4, -0.2) is 27.3 Å². The summed E-state index contributed by atoms with van der Waals surface area (Å²) in [4.78, 5) is 17.0. The van der Waals surface area contributed by atoms with Gasteiger partial charge in [-0.3, -0.25) is 19.7 Å². The molecule has 116 valence electrons. The molecule has 6 heteroatoms. The van der Waals surface area contributed by atoms with E-state index in [1.165, 1.54) is 0 Å². The lowest BCUT2D eigenvalue weighted by Crippen LogP contribution is -2.37. The predicted octanol–water partition coefficient (Wildman–Crippen LogP) is 3.73. The number of benzene rings is 1. The molecule has 0 radical (unpaired) electrons. The molecule has 0 spiro atoms. The van der Waals surface area contributed by atoms with Crippen LogP contribution in [0.4, 0.5) is 0 Å². The van der Waals surface area contributed by atoms with E-state index in [0.29, 0.717) is 5.02 Å². The molecule has 1 aliphatic heterocycles. The van der Waals surface area contributed by atoms with Crippen LogP contribution in [0.1, 0.15) is 15.7 Å². The molecule has 4 rings (SSSR count). The van der Waals surface area contributed by atoms with E-state index < -0.39 is 0 Å². The maximum atomic E-state index is 12.8. The number of rotatable bonds is 2. The number of pyridine rings is 1. The van der Waals surface area contributed by atoms with E-state index in [0.717, 1.165) is 22.2 Å². The molecule has 0 unspecified atom stereocenters. The Morgan fingerprint density at radius 2 is 2.26 bits per heavy atom. The van der Waals surface area contributed by atoms with Crippen molar-refractivity contribution in [3.8, 4) is 0 Å². The van der Waals surface area contributed by atoms with Gasteiger partial charge in [-0.25, -0.2) is 0 Å². The minimum atomic E-state index is -0.222. The Morgan fingerprint density at radius 1 is 1.35 bits per heavy atom. The Labute approximate surface area is 142 Å². The lowest BCUT2D eigenvalue weighted by Gasteiger charge is -2.13. The van der Waals surface area contributed by atoms with Gasteiger partial charge in [0.05, 0.1) is 16.9 Å². The predicted molar refractivity (Wildman–Crippen MR) is 93.9 cm³/mol. The van der Waals surface area contributed by atoms with Crippen LogP contribution in [0.5, 0.6) is 0 Å². The molecule has 2 aromatic heterocycles. The van der Waals surface area contributed by atoms with Gasteiger partial charge in [0.25, 0.3) is 0 Å². The molecule has 1 aliphatic rings. The molecule has 1 saturated heterocycles. The standard InChI is InChI=1S/C17H14ClN3OS/c18-13-4-3-11-5-7-21(15(11)8-13)17(22)14-10-23-16(20-14)12-2-1-6-19-9-12/h1-9,14,16,20H,10H2/t14-,16+/m0/s1. The highest BCUT2D eigenvalue weighted by Gasteiger charge is 2.31. The summed E-state index contributed by atoms with van der Waals surface area (Å²) in [6.07, 6.45) is 5.40. The highest BCUT2D eigenvalue weighted by atomic mass is 35.5. The van der Waals surface area contributed by atoms with E-state index >= 15 is 0 Å². The maximum Gasteiger partial charge on any atom is 0.249 e. The molecular formula is C17H14ClN3OS. The molecule has 23 heavy (non-hydrogen) atoms. The zero-order valence-electron chi connectivity index (χ0n) is 12.1. The number of carbonyl (C=O) groups is 1. The molecule has 0 aliphatic carbocycles. The summed E-state index contributed by atoms with van der Waals surface area (Å²) >= 11 is 7.79. The normalized spacial score (nSPS) is 20.9. The van der Waals surface area contributed by atoms with Crippen LogP contribution >= 0.6 is 23.4 Å². The van der Waals surface area contributed by atoms with Crippen LogP contribution in [0.2, 0.25) is 5.02 Å². The first kappa shape index (κ1) is 14.8. The molecule has 3 heterocycles. The highest BCUT2D eigenvalue weighted by molar-refractivity contribution is 7.99. The van der Waals surface area contributed by atoms with Crippen LogP contribution in [0.3, 0.4) is 0 Å². The zero-order valence-corrected chi connectivity index (χ0v) is 13.7. The maximum absolute atomic E-state index is 12.8. The van der Waals surface area contributed by atoms with Gasteiger partial charge in [-0.05, 0) is 29.8 Å². The lowest BCUT2D eigenvalue weighted by atomic mass is 10.2. The molecule has 1 aromatic carbocycles. The van der Waals surface area contributed by atoms with Crippen molar-refractivity contribution in [2.24, 2.45) is 0 Å². The van der Waals surface area contributed by atoms with Crippen molar-refractivity contribution in [1.82, 2.24) is 14.9 Å². The Morgan fingerprint density at radius 3 is 3.09 bits per heavy atom. The average molecular weight is 344 g/mol. The molecular weight excluding hydrogens is 330 g/mol. The second kappa shape index (κ2) is 6.00. The van der Waals surface area contributed by atoms with Crippen LogP contribution in [0, 0.1) is 0 Å². The van der Waals surface area contributed by atoms with E-state index in [-0.39, 0.29) is 17.3 Å². The molecule has 1 fully saturated rings. The third kappa shape index (κ3) is 2.76. The summed E-state index contributed by atoms with van der Waals surface area (Å²) < 4.78 is 1.69. The van der Waals surface area contributed by atoms with Gasteiger partial charge in [0.15, 0.2) is 0 Å². The summed E-state index contributed by atoms with van der Waals surface area (Å²) in [5.41, 5.74) is 1.94. The number of carbonyl (C=O) groups excluding carboxylic acids is 1. The Kier molecular flexibility index (Phi) is 3.85. The molecule has 0 saturated carbocycles. The van der Waals surface area contributed by atoms with Gasteiger partial charge in [-0.15, -0.1) is 11.8 Å². The highest BCUT2D eigenvalue weighted by Crippen LogP contribution is 2.33. The molecule has 1 N–H and O–H groups in total. The summed E-state index contributed by atoms with van der Waals surface area (Å²) in [6, 6.07) is 11.2. The molecule has 3 aromatic rings. The van der Waals surface area contributed by atoms with Crippen LogP contribution in [0.25, 0.3) is 10.9 Å². The summed E-state index contributed by atoms with van der Waals surface area (Å²) in [7, 11) is 0. The molecule has 0 bridgehead atoms. The van der Waals surface area contributed by atoms with Crippen LogP contribution in [-0.2, 0) is 0 Å². The number of hydrogen-bond acceptors (Lipinski definition) is 4. The molecule has 0 amide bonds. The number of hydrogen-bond donors (Lipinski definition) is 1. The first-order chi connectivity index (χ1) is 11.2. The van der Waals surface area contributed by atoms with Crippen molar-refractivity contribution in [3.05, 3.63) is 65.6 Å². The Hall–Kier alpha value is -1.82. The van der Waals surface area contributed by atoms with Crippen molar-refractivity contribution >= 4 is 40.2 Å². The van der Waals surface area contributed by atoms with Gasteiger partial charge in [0.1, 0.15) is 0 Å². The van der Waals surface area contributed by atoms with Gasteiger partial charge < -0.3 is 0 Å². The largest absolute Gasteiger partial charge is 0.290 e. The summed E-state index contributed by atoms with van der Waals surface area (Å²) in [5, 5.41) is 5.14. The number of aromatic nitrogens is 2. The second-order valence-electron chi connectivity index (χ2n) is 5.45. The third-order valence-electron chi connectivity index (χ3n) is 3.96. The monoisotopic (exact) mass is 343 g/mol. The van der Waals surface area contributed by atoms with Gasteiger partial charge in [-0.2, -0.15) is 0 Å². The third-order valence-corrected chi connectivity index (χ3v) is 5.46. The fraction of sp³-hybridized carbons (Fsp3) is 0.176. The molecule has 2 atom stereocenters. The second-order valence-corrected chi connectivity index (χ2v) is 7.02. The number of fused-ring (bicyclic) bond motifs is 1. The number of nitrogens with zero attached hydrogens (tertiary/aromatic N) is 2. The van der Waals surface area contributed by atoms with Gasteiger partial charge in [0, 0.05) is 34.8 Å². The quantitative estimate of drug-likeness (QED) is 0.770. The van der Waals surface area contributed by atoms with E-state index in [1.54, 1.807) is 22.5 Å². The molecule has 4 nitrogen and oxygen atoms in total. The van der Waals surface area contributed by atoms with Crippen molar-refractivity contribution in [2.45, 2.75) is 11.4 Å². The van der Waals surface area contributed by atoms with Crippen LogP contribution < -0.4 is 5.32 Å². The summed E-state index contributed by atoms with van der Waals surface area (Å²) in [5.74, 6) is 0.777. The first-order valence-corrected chi connectivity index (χ1v) is 8.73. The topological polar surface area (TPSA) is 46.9 Å². The van der Waals surface area contributed by atoms with E-state index in [9.17, 15) is 4.79 Å². The van der Waals surface area contributed by atoms with E-state index in [2.05, 4.69) is 10.3 Å². The first-order valence-electron chi connectivity index (χ1n) is 7.31. The van der Waals surface area contributed by atoms with Crippen molar-refractivity contribution in [1.29, 1.82) is 0 Å². The minimum Gasteiger partial charge on any atom is -0.290 e. The van der Waals surface area contributed by atoms with Crippen LogP contribution in [0.15, 0.2) is 55.0 Å². The smallest absolute Gasteiger partial charge is 0.249 e. The minimum absolute atomic E-state index is 0.0427. The Bertz CT molecular complexity index is 865. The fourth-order valence-corrected chi connectivity index (χ4v) is 4.18. The zero-order chi connectivity index (χ0) is 15.8. The number of nitrogens with one attached hydrogen (secondary N) is 1. The van der Waals surface area contributed by atoms with Gasteiger partial charge in [0.2, 0.25) is 5.91 Å². The van der Waals surface area contributed by atoms with Crippen molar-refractivity contribution < 1.29 is 4.79 Å². The number of thioether (sulfide) groups is 1. The van der Waals surface area contributed by atoms with E-state index in [1.807, 2.05) is 48.8 Å². The van der Waals surface area contributed by atoms with Gasteiger partial charge in [-0.1, -0.05) is 23.7 Å². The lowest BCUT2D eigenvalue weighted by molar-refractivity contribution is 0.0879. The van der Waals surface area contributed by atoms with Gasteiger partial charge >= 0.3 is 0 Å². The average Bonchev–Trinajstić information content (AvgIpc) is 3.22. The fourth-order valence-electron chi connectivity index (χ4n) is 2.80. The SMILES string of the molecule is O=C([C@@H]1CS[C@H](c2cccnc2)N1)n1ccc2ccc(Cl)cc21. The Balaban J connectivity index is 1.59. The summed E-state index contributed by atoms with van der Waals surface area (Å²) in [6.45, 7) is 0. The van der Waals surface area contributed by atoms with Crippen molar-refractivity contribution in [3.63, 3.8) is 0 Å². The number of halogens is 1.